The smallest absolute Gasteiger partial charge is 0.0994 e. The number of hydrogen-bond acceptors (Lipinski definition) is 8. The first-order valence-electron chi connectivity index (χ1n) is 16.8. The maximum absolute atomic E-state index is 8.59. The highest BCUT2D eigenvalue weighted by Gasteiger charge is 1.97. The molecule has 0 unspecified atom stereocenters. The molecule has 4 aromatic rings. The Labute approximate surface area is 349 Å². The van der Waals surface area contributed by atoms with Crippen LogP contribution in [-0.2, 0) is 0 Å². The first kappa shape index (κ1) is 83.6. The van der Waals surface area contributed by atoms with E-state index in [2.05, 4.69) is 30.3 Å². The fraction of sp³-hybridized carbons (Fsp3) is 0.417. The van der Waals surface area contributed by atoms with Gasteiger partial charge in [-0.3, -0.25) is 0 Å². The lowest BCUT2D eigenvalue weighted by Gasteiger charge is -1.98. The first-order chi connectivity index (χ1) is 22.9. The number of benzene rings is 4. The second-order valence-corrected chi connectivity index (χ2v) is 9.69. The largest absolute Gasteiger partial charge is 0.344 e. The van der Waals surface area contributed by atoms with E-state index < -0.39 is 0 Å². The van der Waals surface area contributed by atoms with Crippen molar-refractivity contribution in [3.8, 4) is 24.3 Å². The van der Waals surface area contributed by atoms with Gasteiger partial charge in [-0.1, -0.05) is 121 Å². The quantitative estimate of drug-likeness (QED) is 0.134. The number of nitrogens with zero attached hydrogens (tertiary/aromatic N) is 4. The van der Waals surface area contributed by atoms with Crippen molar-refractivity contribution in [2.45, 2.75) is 140 Å². The fourth-order valence-electron chi connectivity index (χ4n) is 3.58. The summed E-state index contributed by atoms with van der Waals surface area (Å²) in [4.78, 5) is 0. The summed E-state index contributed by atoms with van der Waals surface area (Å²) in [5, 5.41) is 34.2. The van der Waals surface area contributed by atoms with E-state index in [9.17, 15) is 0 Å². The van der Waals surface area contributed by atoms with E-state index in [1.807, 2.05) is 178 Å². The van der Waals surface area contributed by atoms with Crippen molar-refractivity contribution in [1.29, 1.82) is 21.0 Å². The molecule has 4 rings (SSSR count). The van der Waals surface area contributed by atoms with Gasteiger partial charge in [0.15, 0.2) is 0 Å². The van der Waals surface area contributed by atoms with Gasteiger partial charge in [-0.15, -0.1) is 0 Å². The average molecular weight is 777 g/mol. The summed E-state index contributed by atoms with van der Waals surface area (Å²) in [5.41, 5.74) is 12.2. The molecule has 0 aromatic heterocycles. The van der Waals surface area contributed by atoms with E-state index in [-0.39, 0.29) is 54.3 Å². The van der Waals surface area contributed by atoms with Crippen LogP contribution in [-0.4, -0.2) is 0 Å². The van der Waals surface area contributed by atoms with Crippen LogP contribution in [0.3, 0.4) is 0 Å². The predicted octanol–water partition coefficient (Wildman–Crippen LogP) is 16.0. The second kappa shape index (κ2) is 54.0. The van der Waals surface area contributed by atoms with Gasteiger partial charge in [-0.25, -0.2) is 0 Å². The molecule has 0 radical (unpaired) electrons. The van der Waals surface area contributed by atoms with Gasteiger partial charge < -0.3 is 24.6 Å². The molecule has 0 amide bonds. The standard InChI is InChI=1S/4C9H9N.4C2H6.4CH4.4H3N/c1-7-3-8(2)5-9(4-7)6-10;1-7-3-4-9(6-10)5-8(7)2;1-7-3-4-8(2)9(5-7)6-10;1-7-4-3-5-9(6-10)8(7)2;4*1-2;;;;;;;;/h4*3-5H,1-2H3;4*1-2H3;4*1H4;4*1H3. The van der Waals surface area contributed by atoms with Crippen molar-refractivity contribution in [2.75, 3.05) is 0 Å². The van der Waals surface area contributed by atoms with E-state index in [4.69, 9.17) is 21.0 Å². The lowest BCUT2D eigenvalue weighted by atomic mass is 10.1. The molecule has 320 valence electrons. The van der Waals surface area contributed by atoms with Crippen molar-refractivity contribution in [2.24, 2.45) is 0 Å². The van der Waals surface area contributed by atoms with Crippen molar-refractivity contribution >= 4 is 0 Å². The number of aryl methyl sites for hydroxylation is 7. The zero-order chi connectivity index (χ0) is 38.2. The lowest BCUT2D eigenvalue weighted by Crippen LogP contribution is -1.84. The highest BCUT2D eigenvalue weighted by Crippen LogP contribution is 2.11. The van der Waals surface area contributed by atoms with Crippen LogP contribution < -0.4 is 24.6 Å². The van der Waals surface area contributed by atoms with Gasteiger partial charge in [0.1, 0.15) is 0 Å². The molecule has 0 fully saturated rings. The molecule has 8 heteroatoms. The van der Waals surface area contributed by atoms with Gasteiger partial charge in [0.05, 0.1) is 46.5 Å². The summed E-state index contributed by atoms with van der Waals surface area (Å²) in [6.07, 6.45) is 0. The third-order valence-electron chi connectivity index (χ3n) is 6.23. The SMILES string of the molecule is C.C.C.C.CC.CC.CC.CC.Cc1cc(C)cc(C#N)c1.Cc1ccc(C#N)cc1C.Cc1ccc(C)c(C#N)c1.Cc1cccc(C#N)c1C.N.N.N.N. The van der Waals surface area contributed by atoms with Crippen LogP contribution >= 0.6 is 0 Å². The molecule has 0 bridgehead atoms. The van der Waals surface area contributed by atoms with E-state index in [1.165, 1.54) is 16.7 Å². The van der Waals surface area contributed by atoms with Crippen molar-refractivity contribution in [1.82, 2.24) is 24.6 Å². The van der Waals surface area contributed by atoms with Crippen molar-refractivity contribution in [3.05, 3.63) is 140 Å². The molecule has 0 aliphatic heterocycles. The summed E-state index contributed by atoms with van der Waals surface area (Å²) in [5.74, 6) is 0. The minimum atomic E-state index is 0. The summed E-state index contributed by atoms with van der Waals surface area (Å²) in [7, 11) is 0. The Balaban J connectivity index is -0.0000000415. The maximum Gasteiger partial charge on any atom is 0.0994 e. The summed E-state index contributed by atoms with van der Waals surface area (Å²) in [6.45, 7) is 31.9. The van der Waals surface area contributed by atoms with Crippen molar-refractivity contribution in [3.63, 3.8) is 0 Å². The Bertz CT molecular complexity index is 1600. The maximum atomic E-state index is 8.59. The average Bonchev–Trinajstić information content (AvgIpc) is 3.12. The third kappa shape index (κ3) is 37.0. The normalized spacial score (nSPS) is 6.79. The molecule has 0 heterocycles. The number of nitriles is 4. The predicted molar refractivity (Wildman–Crippen MR) is 255 cm³/mol. The zero-order valence-electron chi connectivity index (χ0n) is 35.5. The van der Waals surface area contributed by atoms with Crippen LogP contribution in [0.25, 0.3) is 0 Å². The van der Waals surface area contributed by atoms with E-state index in [0.29, 0.717) is 0 Å². The first-order valence-corrected chi connectivity index (χ1v) is 16.8. The van der Waals surface area contributed by atoms with Crippen LogP contribution in [0.5, 0.6) is 0 Å². The summed E-state index contributed by atoms with van der Waals surface area (Å²) < 4.78 is 0. The fourth-order valence-corrected chi connectivity index (χ4v) is 3.58. The molecular weight excluding hydrogens is 689 g/mol. The second-order valence-electron chi connectivity index (χ2n) is 9.69. The van der Waals surface area contributed by atoms with Crippen LogP contribution in [0.4, 0.5) is 0 Å². The van der Waals surface area contributed by atoms with Crippen LogP contribution in [0.15, 0.2) is 72.8 Å². The van der Waals surface area contributed by atoms with Gasteiger partial charge in [-0.05, 0) is 136 Å². The van der Waals surface area contributed by atoms with Crippen molar-refractivity contribution < 1.29 is 0 Å². The highest BCUT2D eigenvalue weighted by atomic mass is 14.2. The monoisotopic (exact) mass is 777 g/mol. The molecule has 56 heavy (non-hydrogen) atoms. The summed E-state index contributed by atoms with van der Waals surface area (Å²) >= 11 is 0. The molecule has 8 nitrogen and oxygen atoms in total. The van der Waals surface area contributed by atoms with Gasteiger partial charge >= 0.3 is 0 Å². The molecule has 4 aromatic carbocycles. The van der Waals surface area contributed by atoms with Gasteiger partial charge in [0.25, 0.3) is 0 Å². The van der Waals surface area contributed by atoms with E-state index in [0.717, 1.165) is 50.1 Å². The third-order valence-corrected chi connectivity index (χ3v) is 6.23. The topological polar surface area (TPSA) is 235 Å². The van der Waals surface area contributed by atoms with Crippen LogP contribution in [0, 0.1) is 101 Å². The molecule has 12 N–H and O–H groups in total. The van der Waals surface area contributed by atoms with Gasteiger partial charge in [0, 0.05) is 0 Å². The van der Waals surface area contributed by atoms with E-state index in [1.54, 1.807) is 0 Å². The number of rotatable bonds is 0. The molecule has 0 aliphatic carbocycles. The van der Waals surface area contributed by atoms with Gasteiger partial charge in [-0.2, -0.15) is 21.0 Å². The Hall–Kier alpha value is -5.32. The van der Waals surface area contributed by atoms with E-state index >= 15 is 0 Å². The Kier molecular flexibility index (Phi) is 80.7. The zero-order valence-corrected chi connectivity index (χ0v) is 35.5. The Morgan fingerprint density at radius 2 is 0.750 bits per heavy atom. The van der Waals surface area contributed by atoms with Crippen LogP contribution in [0.2, 0.25) is 0 Å². The summed E-state index contributed by atoms with van der Waals surface area (Å²) in [6, 6.07) is 31.6. The molecule has 0 saturated heterocycles. The highest BCUT2D eigenvalue weighted by molar-refractivity contribution is 5.41. The Morgan fingerprint density at radius 3 is 1.09 bits per heavy atom. The minimum Gasteiger partial charge on any atom is -0.344 e. The van der Waals surface area contributed by atoms with Crippen LogP contribution in [0.1, 0.15) is 152 Å². The number of hydrogen-bond donors (Lipinski definition) is 4. The lowest BCUT2D eigenvalue weighted by molar-refractivity contribution is 1.31. The molecule has 0 atom stereocenters. The minimum absolute atomic E-state index is 0. The molecule has 0 saturated carbocycles. The molecular formula is C48H88N8. The molecule has 0 aliphatic rings. The molecule has 0 spiro atoms. The van der Waals surface area contributed by atoms with Gasteiger partial charge in [0.2, 0.25) is 0 Å². The Morgan fingerprint density at radius 1 is 0.339 bits per heavy atom.